The Morgan fingerprint density at radius 3 is 2.48 bits per heavy atom. The number of unbranched alkanes of at least 4 members (excludes halogenated alkanes) is 3. The van der Waals surface area contributed by atoms with Gasteiger partial charge in [-0.05, 0) is 44.6 Å². The smallest absolute Gasteiger partial charge is 0.320 e. The minimum atomic E-state index is 0.0634. The highest BCUT2D eigenvalue weighted by Crippen LogP contribution is 2.32. The van der Waals surface area contributed by atoms with Gasteiger partial charge in [-0.1, -0.05) is 19.8 Å². The van der Waals surface area contributed by atoms with Crippen molar-refractivity contribution >= 4 is 17.5 Å². The standard InChI is InChI=1S/C23H38N6O2/c1-2-3-15-31-23-25-21(24)19-16-20(30)29(22(19)26-23)10-6-4-5-9-27-11-13-28(14-12-27)17-18-7-8-18/h18H,2-17H2,1H3,(H2,24,25,26). The van der Waals surface area contributed by atoms with E-state index in [0.29, 0.717) is 31.2 Å². The molecule has 0 atom stereocenters. The fourth-order valence-corrected chi connectivity index (χ4v) is 4.47. The molecule has 3 heterocycles. The Labute approximate surface area is 186 Å². The first-order valence-corrected chi connectivity index (χ1v) is 12.2. The van der Waals surface area contributed by atoms with Crippen molar-refractivity contribution in [3.8, 4) is 6.01 Å². The van der Waals surface area contributed by atoms with Crippen LogP contribution in [0.4, 0.5) is 11.6 Å². The van der Waals surface area contributed by atoms with Gasteiger partial charge in [-0.15, -0.1) is 0 Å². The number of piperazine rings is 1. The van der Waals surface area contributed by atoms with Gasteiger partial charge in [0, 0.05) is 44.8 Å². The van der Waals surface area contributed by atoms with Crippen LogP contribution < -0.4 is 15.4 Å². The Morgan fingerprint density at radius 2 is 1.74 bits per heavy atom. The molecule has 0 unspecified atom stereocenters. The Kier molecular flexibility index (Phi) is 7.61. The van der Waals surface area contributed by atoms with Crippen LogP contribution >= 0.6 is 0 Å². The first-order chi connectivity index (χ1) is 15.1. The maximum absolute atomic E-state index is 12.5. The third-order valence-corrected chi connectivity index (χ3v) is 6.64. The number of fused-ring (bicyclic) bond motifs is 1. The Hall–Kier alpha value is -1.93. The summed E-state index contributed by atoms with van der Waals surface area (Å²) >= 11 is 0. The molecule has 2 aliphatic heterocycles. The van der Waals surface area contributed by atoms with Crippen LogP contribution in [-0.2, 0) is 11.2 Å². The zero-order valence-corrected chi connectivity index (χ0v) is 19.0. The van der Waals surface area contributed by atoms with Gasteiger partial charge in [0.1, 0.15) is 11.6 Å². The summed E-state index contributed by atoms with van der Waals surface area (Å²) in [6.45, 7) is 10.7. The molecule has 1 aromatic rings. The van der Waals surface area contributed by atoms with Crippen LogP contribution in [0.15, 0.2) is 0 Å². The average Bonchev–Trinajstić information content (AvgIpc) is 3.52. The van der Waals surface area contributed by atoms with E-state index in [0.717, 1.165) is 43.7 Å². The summed E-state index contributed by atoms with van der Waals surface area (Å²) in [5, 5.41) is 0. The number of carbonyl (C=O) groups excluding carboxylic acids is 1. The van der Waals surface area contributed by atoms with Crippen molar-refractivity contribution in [3.63, 3.8) is 0 Å². The molecule has 2 N–H and O–H groups in total. The first-order valence-electron chi connectivity index (χ1n) is 12.2. The number of ether oxygens (including phenoxy) is 1. The molecule has 0 spiro atoms. The zero-order valence-electron chi connectivity index (χ0n) is 19.0. The lowest BCUT2D eigenvalue weighted by atomic mass is 10.2. The van der Waals surface area contributed by atoms with Gasteiger partial charge in [-0.2, -0.15) is 9.97 Å². The van der Waals surface area contributed by atoms with Crippen molar-refractivity contribution < 1.29 is 9.53 Å². The number of hydrogen-bond donors (Lipinski definition) is 1. The maximum atomic E-state index is 12.5. The van der Waals surface area contributed by atoms with Gasteiger partial charge in [0.15, 0.2) is 0 Å². The molecule has 3 aliphatic rings. The van der Waals surface area contributed by atoms with Gasteiger partial charge >= 0.3 is 6.01 Å². The monoisotopic (exact) mass is 430 g/mol. The lowest BCUT2D eigenvalue weighted by Crippen LogP contribution is -2.47. The number of nitrogens with zero attached hydrogens (tertiary/aromatic N) is 5. The van der Waals surface area contributed by atoms with Gasteiger partial charge in [0.05, 0.1) is 13.0 Å². The van der Waals surface area contributed by atoms with Crippen molar-refractivity contribution in [2.24, 2.45) is 5.92 Å². The van der Waals surface area contributed by atoms with E-state index in [9.17, 15) is 4.79 Å². The second kappa shape index (κ2) is 10.6. The minimum absolute atomic E-state index is 0.0634. The van der Waals surface area contributed by atoms with E-state index in [2.05, 4.69) is 26.7 Å². The first kappa shape index (κ1) is 22.3. The van der Waals surface area contributed by atoms with Gasteiger partial charge in [-0.25, -0.2) is 0 Å². The number of nitrogens with two attached hydrogens (primary N) is 1. The summed E-state index contributed by atoms with van der Waals surface area (Å²) < 4.78 is 5.63. The number of anilines is 2. The Balaban J connectivity index is 1.18. The molecule has 1 saturated carbocycles. The second-order valence-electron chi connectivity index (χ2n) is 9.26. The van der Waals surface area contributed by atoms with Crippen molar-refractivity contribution in [1.82, 2.24) is 19.8 Å². The largest absolute Gasteiger partial charge is 0.463 e. The van der Waals surface area contributed by atoms with Crippen molar-refractivity contribution in [1.29, 1.82) is 0 Å². The minimum Gasteiger partial charge on any atom is -0.463 e. The summed E-state index contributed by atoms with van der Waals surface area (Å²) in [7, 11) is 0. The molecule has 0 aromatic carbocycles. The molecule has 8 nitrogen and oxygen atoms in total. The number of nitrogen functional groups attached to an aromatic ring is 1. The lowest BCUT2D eigenvalue weighted by Gasteiger charge is -2.34. The highest BCUT2D eigenvalue weighted by Gasteiger charge is 2.32. The lowest BCUT2D eigenvalue weighted by molar-refractivity contribution is -0.117. The second-order valence-corrected chi connectivity index (χ2v) is 9.26. The van der Waals surface area contributed by atoms with Crippen molar-refractivity contribution in [3.05, 3.63) is 5.56 Å². The van der Waals surface area contributed by atoms with Gasteiger partial charge in [0.2, 0.25) is 5.91 Å². The fourth-order valence-electron chi connectivity index (χ4n) is 4.47. The number of amides is 1. The molecule has 1 amide bonds. The van der Waals surface area contributed by atoms with Crippen LogP contribution in [-0.4, -0.2) is 78.1 Å². The Morgan fingerprint density at radius 1 is 1.00 bits per heavy atom. The van der Waals surface area contributed by atoms with Crippen LogP contribution in [0.25, 0.3) is 0 Å². The molecule has 31 heavy (non-hydrogen) atoms. The molecule has 0 radical (unpaired) electrons. The summed E-state index contributed by atoms with van der Waals surface area (Å²) in [5.41, 5.74) is 6.83. The normalized spacial score (nSPS) is 19.8. The molecule has 0 bridgehead atoms. The highest BCUT2D eigenvalue weighted by atomic mass is 16.5. The molecular weight excluding hydrogens is 392 g/mol. The molecule has 1 saturated heterocycles. The van der Waals surface area contributed by atoms with Crippen molar-refractivity contribution in [2.75, 3.05) is 63.1 Å². The van der Waals surface area contributed by atoms with E-state index >= 15 is 0 Å². The van der Waals surface area contributed by atoms with Crippen LogP contribution in [0.1, 0.15) is 57.4 Å². The predicted molar refractivity (Wildman–Crippen MR) is 122 cm³/mol. The van der Waals surface area contributed by atoms with E-state index in [-0.39, 0.29) is 11.9 Å². The molecule has 8 heteroatoms. The van der Waals surface area contributed by atoms with Crippen molar-refractivity contribution in [2.45, 2.75) is 58.3 Å². The van der Waals surface area contributed by atoms with Crippen LogP contribution in [0.5, 0.6) is 6.01 Å². The van der Waals surface area contributed by atoms with Crippen LogP contribution in [0.3, 0.4) is 0 Å². The highest BCUT2D eigenvalue weighted by molar-refractivity contribution is 6.01. The number of aromatic nitrogens is 2. The third kappa shape index (κ3) is 6.07. The average molecular weight is 431 g/mol. The van der Waals surface area contributed by atoms with Crippen LogP contribution in [0, 0.1) is 5.92 Å². The predicted octanol–water partition coefficient (Wildman–Crippen LogP) is 2.32. The summed E-state index contributed by atoms with van der Waals surface area (Å²) in [6, 6.07) is 0.283. The van der Waals surface area contributed by atoms with Gasteiger partial charge in [-0.3, -0.25) is 9.69 Å². The van der Waals surface area contributed by atoms with Gasteiger partial charge < -0.3 is 20.3 Å². The van der Waals surface area contributed by atoms with Gasteiger partial charge in [0.25, 0.3) is 0 Å². The summed E-state index contributed by atoms with van der Waals surface area (Å²) in [5.74, 6) is 2.07. The van der Waals surface area contributed by atoms with E-state index in [1.807, 2.05) is 0 Å². The summed E-state index contributed by atoms with van der Waals surface area (Å²) in [6.07, 6.45) is 8.42. The quantitative estimate of drug-likeness (QED) is 0.509. The number of carbonyl (C=O) groups is 1. The molecule has 2 fully saturated rings. The topological polar surface area (TPSA) is 87.8 Å². The molecule has 1 aliphatic carbocycles. The molecule has 4 rings (SSSR count). The molecule has 1 aromatic heterocycles. The zero-order chi connectivity index (χ0) is 21.6. The van der Waals surface area contributed by atoms with E-state index in [1.54, 1.807) is 4.90 Å². The SMILES string of the molecule is CCCCOc1nc(N)c2c(n1)N(CCCCCN1CCN(CC3CC3)CC1)C(=O)C2. The van der Waals surface area contributed by atoms with Crippen LogP contribution in [0.2, 0.25) is 0 Å². The van der Waals surface area contributed by atoms with E-state index in [4.69, 9.17) is 10.5 Å². The maximum Gasteiger partial charge on any atom is 0.320 e. The third-order valence-electron chi connectivity index (χ3n) is 6.64. The Bertz CT molecular complexity index is 746. The molecule has 172 valence electrons. The number of hydrogen-bond acceptors (Lipinski definition) is 7. The molecular formula is C23H38N6O2. The fraction of sp³-hybridized carbons (Fsp3) is 0.783. The number of rotatable bonds is 12. The van der Waals surface area contributed by atoms with E-state index < -0.39 is 0 Å². The summed E-state index contributed by atoms with van der Waals surface area (Å²) in [4.78, 5) is 28.3. The van der Waals surface area contributed by atoms with E-state index in [1.165, 1.54) is 52.0 Å².